The van der Waals surface area contributed by atoms with Crippen molar-refractivity contribution in [2.24, 2.45) is 0 Å². The van der Waals surface area contributed by atoms with Gasteiger partial charge in [-0.2, -0.15) is 0 Å². The third kappa shape index (κ3) is 4.62. The van der Waals surface area contributed by atoms with Crippen molar-refractivity contribution in [3.8, 4) is 11.3 Å². The average molecular weight is 363 g/mol. The van der Waals surface area contributed by atoms with E-state index in [1.807, 2.05) is 66.7 Å². The van der Waals surface area contributed by atoms with Crippen LogP contribution in [0.4, 0.5) is 0 Å². The highest BCUT2D eigenvalue weighted by molar-refractivity contribution is 6.33. The van der Waals surface area contributed by atoms with Crippen molar-refractivity contribution >= 4 is 11.6 Å². The first-order valence-corrected chi connectivity index (χ1v) is 7.89. The van der Waals surface area contributed by atoms with Gasteiger partial charge in [-0.15, -0.1) is 0 Å². The highest BCUT2D eigenvalue weighted by Gasteiger charge is 2.09. The van der Waals surface area contributed by atoms with Gasteiger partial charge in [-0.05, 0) is 29.8 Å². The van der Waals surface area contributed by atoms with E-state index in [2.05, 4.69) is 5.32 Å². The molecule has 1 atom stereocenters. The molecule has 24 heavy (non-hydrogen) atoms. The van der Waals surface area contributed by atoms with E-state index >= 15 is 0 Å². The van der Waals surface area contributed by atoms with Crippen LogP contribution in [0.2, 0.25) is 5.02 Å². The van der Waals surface area contributed by atoms with Crippen molar-refractivity contribution in [2.45, 2.75) is 12.6 Å². The van der Waals surface area contributed by atoms with Gasteiger partial charge in [0, 0.05) is 12.1 Å². The van der Waals surface area contributed by atoms with E-state index in [4.69, 9.17) is 16.0 Å². The molecule has 0 radical (unpaired) electrons. The van der Waals surface area contributed by atoms with Crippen molar-refractivity contribution in [3.05, 3.63) is 83.1 Å². The summed E-state index contributed by atoms with van der Waals surface area (Å²) in [5.41, 5.74) is 1.78. The molecule has 0 aliphatic rings. The fraction of sp³-hybridized carbons (Fsp3) is 0.158. The number of benzene rings is 2. The average Bonchev–Trinajstić information content (AvgIpc) is 3.04. The summed E-state index contributed by atoms with van der Waals surface area (Å²) in [6, 6.07) is 21.0. The molecule has 3 nitrogen and oxygen atoms in total. The Kier molecular flexibility index (Phi) is 6.88. The first kappa shape index (κ1) is 18.6. The van der Waals surface area contributed by atoms with E-state index in [-0.39, 0.29) is 12.4 Å². The number of furan rings is 1. The summed E-state index contributed by atoms with van der Waals surface area (Å²) in [6.07, 6.45) is -0.533. The van der Waals surface area contributed by atoms with Crippen molar-refractivity contribution in [1.29, 1.82) is 0 Å². The van der Waals surface area contributed by atoms with E-state index in [1.54, 1.807) is 0 Å². The van der Waals surface area contributed by atoms with Crippen LogP contribution in [0.15, 0.2) is 71.1 Å². The summed E-state index contributed by atoms with van der Waals surface area (Å²) in [5, 5.41) is 14.0. The van der Waals surface area contributed by atoms with Crippen LogP contribution in [-0.4, -0.2) is 11.7 Å². The maximum Gasteiger partial charge on any atom is 0.135 e. The van der Waals surface area contributed by atoms with Crippen LogP contribution in [0.3, 0.4) is 0 Å². The molecule has 3 rings (SSSR count). The number of halogens is 2. The largest absolute Gasteiger partial charge is 1.00 e. The molecule has 0 aliphatic heterocycles. The van der Waals surface area contributed by atoms with Crippen LogP contribution in [0, 0.1) is 0 Å². The Bertz CT molecular complexity index is 759. The van der Waals surface area contributed by atoms with Crippen LogP contribution in [-0.2, 0) is 6.54 Å². The molecular weight excluding hydrogens is 345 g/mol. The quantitative estimate of drug-likeness (QED) is 0.697. The zero-order valence-corrected chi connectivity index (χ0v) is 14.5. The summed E-state index contributed by atoms with van der Waals surface area (Å²) in [6.45, 7) is 1.01. The van der Waals surface area contributed by atoms with Gasteiger partial charge in [0.25, 0.3) is 0 Å². The highest BCUT2D eigenvalue weighted by Crippen LogP contribution is 2.28. The monoisotopic (exact) mass is 362 g/mol. The molecule has 0 spiro atoms. The van der Waals surface area contributed by atoms with Gasteiger partial charge in [0.1, 0.15) is 11.5 Å². The second-order valence-corrected chi connectivity index (χ2v) is 5.71. The van der Waals surface area contributed by atoms with Crippen molar-refractivity contribution in [1.82, 2.24) is 5.32 Å². The number of rotatable bonds is 6. The van der Waals surface area contributed by atoms with E-state index in [9.17, 15) is 5.11 Å². The second kappa shape index (κ2) is 8.90. The van der Waals surface area contributed by atoms with Crippen LogP contribution >= 0.6 is 11.6 Å². The van der Waals surface area contributed by atoms with Gasteiger partial charge in [0.05, 0.1) is 17.7 Å². The lowest BCUT2D eigenvalue weighted by molar-refractivity contribution is -0.00000682. The minimum absolute atomic E-state index is 0. The molecule has 1 heterocycles. The fourth-order valence-corrected chi connectivity index (χ4v) is 2.63. The molecule has 0 saturated heterocycles. The first-order valence-electron chi connectivity index (χ1n) is 7.51. The molecule has 2 aromatic carbocycles. The smallest absolute Gasteiger partial charge is 0.135 e. The lowest BCUT2D eigenvalue weighted by Gasteiger charge is -2.11. The Morgan fingerprint density at radius 3 is 2.42 bits per heavy atom. The topological polar surface area (TPSA) is 45.4 Å². The first-order chi connectivity index (χ1) is 11.2. The van der Waals surface area contributed by atoms with Crippen LogP contribution < -0.4 is 17.7 Å². The fourth-order valence-electron chi connectivity index (χ4n) is 2.40. The summed E-state index contributed by atoms with van der Waals surface area (Å²) in [7, 11) is 0. The van der Waals surface area contributed by atoms with Crippen molar-refractivity contribution in [2.75, 3.05) is 6.54 Å². The van der Waals surface area contributed by atoms with E-state index in [1.165, 1.54) is 0 Å². The predicted octanol–water partition coefficient (Wildman–Crippen LogP) is 1.43. The summed E-state index contributed by atoms with van der Waals surface area (Å²) >= 11 is 6.17. The number of aliphatic hydroxyl groups is 1. The molecule has 0 aliphatic carbocycles. The molecule has 5 heteroatoms. The van der Waals surface area contributed by atoms with Gasteiger partial charge in [-0.3, -0.25) is 0 Å². The van der Waals surface area contributed by atoms with Gasteiger partial charge < -0.3 is 27.2 Å². The number of aliphatic hydroxyl groups excluding tert-OH is 1. The number of nitrogens with one attached hydrogen (secondary N) is 1. The highest BCUT2D eigenvalue weighted by atomic mass is 35.5. The van der Waals surface area contributed by atoms with Gasteiger partial charge in [-0.25, -0.2) is 0 Å². The van der Waals surface area contributed by atoms with Gasteiger partial charge in [0.2, 0.25) is 0 Å². The Balaban J connectivity index is 0.00000208. The van der Waals surface area contributed by atoms with Gasteiger partial charge in [0.15, 0.2) is 0 Å². The minimum Gasteiger partial charge on any atom is -1.00 e. The number of hydrogen-bond donors (Lipinski definition) is 2. The molecule has 1 aromatic heterocycles. The molecule has 126 valence electrons. The van der Waals surface area contributed by atoms with Crippen molar-refractivity contribution in [3.63, 3.8) is 0 Å². The molecular formula is C19H18Cl2NO2-. The Morgan fingerprint density at radius 2 is 1.67 bits per heavy atom. The van der Waals surface area contributed by atoms with E-state index < -0.39 is 6.10 Å². The standard InChI is InChI=1S/C19H18ClNO2.ClH/c20-17-9-5-4-8-16(17)19-11-10-15(23-19)12-21-13-18(22)14-6-2-1-3-7-14;/h1-11,18,21-22H,12-13H2;1H/p-1. The molecule has 1 unspecified atom stereocenters. The van der Waals surface area contributed by atoms with Crippen LogP contribution in [0.5, 0.6) is 0 Å². The summed E-state index contributed by atoms with van der Waals surface area (Å²) in [5.74, 6) is 1.55. The predicted molar refractivity (Wildman–Crippen MR) is 92.3 cm³/mol. The molecule has 3 aromatic rings. The third-order valence-electron chi connectivity index (χ3n) is 3.62. The molecule has 0 fully saturated rings. The number of hydrogen-bond acceptors (Lipinski definition) is 3. The van der Waals surface area contributed by atoms with Crippen molar-refractivity contribution < 1.29 is 21.9 Å². The molecule has 0 amide bonds. The van der Waals surface area contributed by atoms with E-state index in [0.717, 1.165) is 22.6 Å². The zero-order chi connectivity index (χ0) is 16.1. The molecule has 0 bridgehead atoms. The normalized spacial score (nSPS) is 11.8. The Morgan fingerprint density at radius 1 is 0.958 bits per heavy atom. The summed E-state index contributed by atoms with van der Waals surface area (Å²) < 4.78 is 5.81. The minimum atomic E-state index is -0.533. The zero-order valence-electron chi connectivity index (χ0n) is 13.0. The lowest BCUT2D eigenvalue weighted by atomic mass is 10.1. The van der Waals surface area contributed by atoms with E-state index in [0.29, 0.717) is 18.1 Å². The van der Waals surface area contributed by atoms with Crippen LogP contribution in [0.25, 0.3) is 11.3 Å². The maximum absolute atomic E-state index is 10.1. The van der Waals surface area contributed by atoms with Crippen LogP contribution in [0.1, 0.15) is 17.4 Å². The lowest BCUT2D eigenvalue weighted by Crippen LogP contribution is -3.00. The Hall–Kier alpha value is -1.78. The van der Waals surface area contributed by atoms with Gasteiger partial charge >= 0.3 is 0 Å². The second-order valence-electron chi connectivity index (χ2n) is 5.30. The SMILES string of the molecule is OC(CNCc1ccc(-c2ccccc2Cl)o1)c1ccccc1.[Cl-]. The van der Waals surface area contributed by atoms with Gasteiger partial charge in [-0.1, -0.05) is 54.1 Å². The molecule has 0 saturated carbocycles. The third-order valence-corrected chi connectivity index (χ3v) is 3.95. The summed E-state index contributed by atoms with van der Waals surface area (Å²) in [4.78, 5) is 0. The Labute approximate surface area is 152 Å². The molecule has 2 N–H and O–H groups in total. The maximum atomic E-state index is 10.1.